The molecule has 0 amide bonds. The van der Waals surface area contributed by atoms with Crippen LogP contribution in [-0.2, 0) is 4.74 Å². The Kier molecular flexibility index (Phi) is 8.58. The minimum Gasteiger partial charge on any atom is -0.465 e. The lowest BCUT2D eigenvalue weighted by molar-refractivity contribution is 0.0600. The minimum atomic E-state index is -0.438. The third-order valence-electron chi connectivity index (χ3n) is 7.64. The molecule has 1 saturated carbocycles. The molecule has 1 aliphatic rings. The van der Waals surface area contributed by atoms with Gasteiger partial charge in [0.15, 0.2) is 0 Å². The van der Waals surface area contributed by atoms with Crippen LogP contribution in [0.4, 0.5) is 0 Å². The van der Waals surface area contributed by atoms with Crippen LogP contribution in [0, 0.1) is 11.8 Å². The van der Waals surface area contributed by atoms with Gasteiger partial charge in [0.1, 0.15) is 5.75 Å². The SMILES string of the molecule is CCCC(C)C1CCC(c2ccc(-c3ccc(C(=O)Oc4ccc(C(=O)OC)cc4)cc3)cc2)CC1. The Morgan fingerprint density at radius 1 is 0.778 bits per heavy atom. The summed E-state index contributed by atoms with van der Waals surface area (Å²) in [5.74, 6) is 1.92. The molecule has 4 heteroatoms. The Labute approximate surface area is 214 Å². The average Bonchev–Trinajstić information content (AvgIpc) is 2.93. The van der Waals surface area contributed by atoms with E-state index in [-0.39, 0.29) is 0 Å². The highest BCUT2D eigenvalue weighted by Gasteiger charge is 2.25. The monoisotopic (exact) mass is 484 g/mol. The number of methoxy groups -OCH3 is 1. The van der Waals surface area contributed by atoms with Crippen molar-refractivity contribution in [2.24, 2.45) is 11.8 Å². The molecule has 1 fully saturated rings. The molecular weight excluding hydrogens is 448 g/mol. The maximum Gasteiger partial charge on any atom is 0.343 e. The van der Waals surface area contributed by atoms with E-state index in [1.54, 1.807) is 36.4 Å². The van der Waals surface area contributed by atoms with Crippen LogP contribution in [0.3, 0.4) is 0 Å². The van der Waals surface area contributed by atoms with E-state index in [9.17, 15) is 9.59 Å². The number of ether oxygens (including phenoxy) is 2. The largest absolute Gasteiger partial charge is 0.465 e. The lowest BCUT2D eigenvalue weighted by atomic mass is 9.73. The Morgan fingerprint density at radius 3 is 1.86 bits per heavy atom. The predicted molar refractivity (Wildman–Crippen MR) is 143 cm³/mol. The topological polar surface area (TPSA) is 52.6 Å². The third kappa shape index (κ3) is 6.23. The second-order valence-corrected chi connectivity index (χ2v) is 9.98. The first-order chi connectivity index (χ1) is 17.5. The number of rotatable bonds is 8. The average molecular weight is 485 g/mol. The summed E-state index contributed by atoms with van der Waals surface area (Å²) in [6.07, 6.45) is 7.92. The van der Waals surface area contributed by atoms with Crippen molar-refractivity contribution in [3.8, 4) is 16.9 Å². The van der Waals surface area contributed by atoms with Crippen molar-refractivity contribution in [1.29, 1.82) is 0 Å². The van der Waals surface area contributed by atoms with E-state index in [1.165, 1.54) is 51.2 Å². The van der Waals surface area contributed by atoms with Gasteiger partial charge in [0.25, 0.3) is 0 Å². The lowest BCUT2D eigenvalue weighted by Gasteiger charge is -2.32. The maximum atomic E-state index is 12.5. The second kappa shape index (κ2) is 12.0. The Morgan fingerprint density at radius 2 is 1.31 bits per heavy atom. The summed E-state index contributed by atoms with van der Waals surface area (Å²) in [6.45, 7) is 4.72. The number of benzene rings is 3. The summed E-state index contributed by atoms with van der Waals surface area (Å²) < 4.78 is 10.1. The fourth-order valence-electron chi connectivity index (χ4n) is 5.40. The van der Waals surface area contributed by atoms with E-state index < -0.39 is 11.9 Å². The number of esters is 2. The van der Waals surface area contributed by atoms with Crippen molar-refractivity contribution in [2.75, 3.05) is 7.11 Å². The van der Waals surface area contributed by atoms with E-state index in [4.69, 9.17) is 4.74 Å². The predicted octanol–water partition coefficient (Wildman–Crippen LogP) is 8.07. The highest BCUT2D eigenvalue weighted by Crippen LogP contribution is 2.40. The van der Waals surface area contributed by atoms with Crippen molar-refractivity contribution < 1.29 is 19.1 Å². The molecule has 1 aliphatic carbocycles. The van der Waals surface area contributed by atoms with Gasteiger partial charge in [0.2, 0.25) is 0 Å². The zero-order valence-corrected chi connectivity index (χ0v) is 21.5. The summed E-state index contributed by atoms with van der Waals surface area (Å²) in [6, 6.07) is 22.7. The van der Waals surface area contributed by atoms with Crippen LogP contribution < -0.4 is 4.74 Å². The van der Waals surface area contributed by atoms with E-state index in [0.717, 1.165) is 23.0 Å². The first kappa shape index (κ1) is 25.7. The van der Waals surface area contributed by atoms with Crippen molar-refractivity contribution in [3.63, 3.8) is 0 Å². The highest BCUT2D eigenvalue weighted by molar-refractivity contribution is 5.92. The van der Waals surface area contributed by atoms with Gasteiger partial charge < -0.3 is 9.47 Å². The molecule has 1 unspecified atom stereocenters. The summed E-state index contributed by atoms with van der Waals surface area (Å²) in [5.41, 5.74) is 4.53. The highest BCUT2D eigenvalue weighted by atomic mass is 16.5. The van der Waals surface area contributed by atoms with Gasteiger partial charge in [-0.1, -0.05) is 63.1 Å². The molecule has 188 valence electrons. The van der Waals surface area contributed by atoms with E-state index in [0.29, 0.717) is 22.8 Å². The van der Waals surface area contributed by atoms with Gasteiger partial charge >= 0.3 is 11.9 Å². The molecule has 4 nitrogen and oxygen atoms in total. The smallest absolute Gasteiger partial charge is 0.343 e. The zero-order chi connectivity index (χ0) is 25.5. The van der Waals surface area contributed by atoms with Gasteiger partial charge in [-0.15, -0.1) is 0 Å². The molecule has 0 aliphatic heterocycles. The van der Waals surface area contributed by atoms with Crippen LogP contribution in [0.25, 0.3) is 11.1 Å². The molecule has 0 radical (unpaired) electrons. The normalized spacial score (nSPS) is 18.3. The van der Waals surface area contributed by atoms with E-state index in [2.05, 4.69) is 42.8 Å². The molecule has 0 N–H and O–H groups in total. The maximum absolute atomic E-state index is 12.5. The van der Waals surface area contributed by atoms with Crippen LogP contribution in [-0.4, -0.2) is 19.0 Å². The third-order valence-corrected chi connectivity index (χ3v) is 7.64. The second-order valence-electron chi connectivity index (χ2n) is 9.98. The molecule has 0 heterocycles. The zero-order valence-electron chi connectivity index (χ0n) is 21.5. The molecule has 0 saturated heterocycles. The molecule has 36 heavy (non-hydrogen) atoms. The summed E-state index contributed by atoms with van der Waals surface area (Å²) in [7, 11) is 1.33. The van der Waals surface area contributed by atoms with Crippen molar-refractivity contribution in [3.05, 3.63) is 89.5 Å². The van der Waals surface area contributed by atoms with Crippen molar-refractivity contribution in [1.82, 2.24) is 0 Å². The Bertz CT molecular complexity index is 1140. The van der Waals surface area contributed by atoms with Crippen LogP contribution in [0.1, 0.15) is 84.6 Å². The fraction of sp³-hybridized carbons (Fsp3) is 0.375. The molecule has 4 rings (SSSR count). The molecule has 0 spiro atoms. The van der Waals surface area contributed by atoms with E-state index >= 15 is 0 Å². The quantitative estimate of drug-likeness (QED) is 0.240. The molecule has 1 atom stereocenters. The van der Waals surface area contributed by atoms with Gasteiger partial charge in [-0.05, 0) is 96.5 Å². The van der Waals surface area contributed by atoms with Gasteiger partial charge in [-0.25, -0.2) is 9.59 Å². The lowest BCUT2D eigenvalue weighted by Crippen LogP contribution is -2.19. The van der Waals surface area contributed by atoms with Crippen LogP contribution in [0.5, 0.6) is 5.75 Å². The van der Waals surface area contributed by atoms with Crippen LogP contribution in [0.2, 0.25) is 0 Å². The number of hydrogen-bond acceptors (Lipinski definition) is 4. The summed E-state index contributed by atoms with van der Waals surface area (Å²) >= 11 is 0. The van der Waals surface area contributed by atoms with Gasteiger partial charge in [-0.2, -0.15) is 0 Å². The number of carbonyl (C=O) groups excluding carboxylic acids is 2. The fourth-order valence-corrected chi connectivity index (χ4v) is 5.40. The standard InChI is InChI=1S/C32H36O4/c1-4-5-22(2)23-6-8-24(9-7-23)25-10-12-26(13-11-25)27-14-16-29(17-15-27)32(34)36-30-20-18-28(19-21-30)31(33)35-3/h10-24H,4-9H2,1-3H3. The number of carbonyl (C=O) groups is 2. The minimum absolute atomic E-state index is 0.376. The molecule has 3 aromatic carbocycles. The Hall–Kier alpha value is -3.40. The molecule has 0 aromatic heterocycles. The van der Waals surface area contributed by atoms with Crippen LogP contribution in [0.15, 0.2) is 72.8 Å². The molecule has 3 aromatic rings. The number of hydrogen-bond donors (Lipinski definition) is 0. The van der Waals surface area contributed by atoms with E-state index in [1.807, 2.05) is 12.1 Å². The Balaban J connectivity index is 1.34. The summed E-state index contributed by atoms with van der Waals surface area (Å²) in [4.78, 5) is 24.1. The van der Waals surface area contributed by atoms with Crippen molar-refractivity contribution >= 4 is 11.9 Å². The molecule has 0 bridgehead atoms. The van der Waals surface area contributed by atoms with Crippen LogP contribution >= 0.6 is 0 Å². The first-order valence-electron chi connectivity index (χ1n) is 13.1. The first-order valence-corrected chi connectivity index (χ1v) is 13.1. The molecular formula is C32H36O4. The van der Waals surface area contributed by atoms with Crippen molar-refractivity contribution in [2.45, 2.75) is 58.3 Å². The van der Waals surface area contributed by atoms with Gasteiger partial charge in [0, 0.05) is 0 Å². The van der Waals surface area contributed by atoms with Gasteiger partial charge in [0.05, 0.1) is 18.2 Å². The summed E-state index contributed by atoms with van der Waals surface area (Å²) in [5, 5.41) is 0. The van der Waals surface area contributed by atoms with Gasteiger partial charge in [-0.3, -0.25) is 0 Å².